The predicted octanol–water partition coefficient (Wildman–Crippen LogP) is 2.00. The van der Waals surface area contributed by atoms with Gasteiger partial charge in [-0.3, -0.25) is 9.48 Å². The minimum Gasteiger partial charge on any atom is -0.337 e. The molecule has 0 aliphatic carbocycles. The van der Waals surface area contributed by atoms with Crippen LogP contribution in [0.1, 0.15) is 48.8 Å². The molecule has 2 heterocycles. The number of amides is 1. The molecule has 94 valence electrons. The summed E-state index contributed by atoms with van der Waals surface area (Å²) in [6.07, 6.45) is 5.63. The number of carbonyl (C=O) groups excluding carboxylic acids is 1. The number of likely N-dealkylation sites (tertiary alicyclic amines) is 1. The second-order valence-electron chi connectivity index (χ2n) is 4.70. The van der Waals surface area contributed by atoms with E-state index in [4.69, 9.17) is 0 Å². The highest BCUT2D eigenvalue weighted by Crippen LogP contribution is 2.14. The lowest BCUT2D eigenvalue weighted by Gasteiger charge is -2.19. The predicted molar refractivity (Wildman–Crippen MR) is 67.0 cm³/mol. The van der Waals surface area contributed by atoms with Crippen molar-refractivity contribution in [2.24, 2.45) is 7.05 Å². The average molecular weight is 235 g/mol. The molecule has 0 radical (unpaired) electrons. The van der Waals surface area contributed by atoms with Crippen LogP contribution in [0.15, 0.2) is 6.07 Å². The van der Waals surface area contributed by atoms with E-state index < -0.39 is 0 Å². The molecule has 4 heteroatoms. The smallest absolute Gasteiger partial charge is 0.272 e. The van der Waals surface area contributed by atoms with Crippen molar-refractivity contribution in [2.45, 2.75) is 39.0 Å². The third-order valence-corrected chi connectivity index (χ3v) is 3.41. The highest BCUT2D eigenvalue weighted by molar-refractivity contribution is 5.92. The van der Waals surface area contributed by atoms with E-state index in [1.54, 1.807) is 4.68 Å². The molecule has 0 N–H and O–H groups in total. The summed E-state index contributed by atoms with van der Waals surface area (Å²) in [6, 6.07) is 1.92. The number of rotatable bonds is 2. The van der Waals surface area contributed by atoms with Crippen molar-refractivity contribution in [3.63, 3.8) is 0 Å². The number of aromatic nitrogens is 2. The quantitative estimate of drug-likeness (QED) is 0.786. The molecule has 1 fully saturated rings. The third-order valence-electron chi connectivity index (χ3n) is 3.41. The summed E-state index contributed by atoms with van der Waals surface area (Å²) in [5.41, 5.74) is 1.72. The molecule has 0 saturated carbocycles. The maximum absolute atomic E-state index is 12.4. The van der Waals surface area contributed by atoms with Gasteiger partial charge in [0.25, 0.3) is 5.91 Å². The van der Waals surface area contributed by atoms with Crippen molar-refractivity contribution in [1.29, 1.82) is 0 Å². The molecule has 0 atom stereocenters. The second kappa shape index (κ2) is 5.34. The SMILES string of the molecule is CCc1cc(C(=O)N2CCCCCC2)n(C)n1. The Morgan fingerprint density at radius 2 is 1.94 bits per heavy atom. The summed E-state index contributed by atoms with van der Waals surface area (Å²) < 4.78 is 1.71. The topological polar surface area (TPSA) is 38.1 Å². The van der Waals surface area contributed by atoms with Gasteiger partial charge in [-0.05, 0) is 25.3 Å². The Morgan fingerprint density at radius 3 is 2.47 bits per heavy atom. The Labute approximate surface area is 103 Å². The summed E-state index contributed by atoms with van der Waals surface area (Å²) in [7, 11) is 1.85. The largest absolute Gasteiger partial charge is 0.337 e. The molecule has 0 spiro atoms. The zero-order chi connectivity index (χ0) is 12.3. The Morgan fingerprint density at radius 1 is 1.29 bits per heavy atom. The van der Waals surface area contributed by atoms with Crippen LogP contribution >= 0.6 is 0 Å². The van der Waals surface area contributed by atoms with E-state index in [1.807, 2.05) is 18.0 Å². The first kappa shape index (κ1) is 12.1. The van der Waals surface area contributed by atoms with Crippen molar-refractivity contribution in [1.82, 2.24) is 14.7 Å². The van der Waals surface area contributed by atoms with Crippen LogP contribution in [0.5, 0.6) is 0 Å². The van der Waals surface area contributed by atoms with E-state index in [1.165, 1.54) is 12.8 Å². The van der Waals surface area contributed by atoms with E-state index in [0.717, 1.165) is 43.7 Å². The van der Waals surface area contributed by atoms with E-state index in [0.29, 0.717) is 0 Å². The van der Waals surface area contributed by atoms with Gasteiger partial charge < -0.3 is 4.90 Å². The minimum absolute atomic E-state index is 0.140. The van der Waals surface area contributed by atoms with Gasteiger partial charge in [-0.15, -0.1) is 0 Å². The van der Waals surface area contributed by atoms with E-state index in [2.05, 4.69) is 12.0 Å². The first-order valence-corrected chi connectivity index (χ1v) is 6.54. The zero-order valence-corrected chi connectivity index (χ0v) is 10.8. The molecule has 0 bridgehead atoms. The van der Waals surface area contributed by atoms with Crippen molar-refractivity contribution in [3.8, 4) is 0 Å². The van der Waals surface area contributed by atoms with E-state index in [9.17, 15) is 4.79 Å². The zero-order valence-electron chi connectivity index (χ0n) is 10.8. The van der Waals surface area contributed by atoms with Crippen LogP contribution in [0.4, 0.5) is 0 Å². The molecule has 0 aromatic carbocycles. The molecule has 1 aliphatic rings. The molecule has 1 saturated heterocycles. The van der Waals surface area contributed by atoms with Crippen molar-refractivity contribution < 1.29 is 4.79 Å². The van der Waals surface area contributed by atoms with Crippen LogP contribution in [0, 0.1) is 0 Å². The molecule has 17 heavy (non-hydrogen) atoms. The van der Waals surface area contributed by atoms with Crippen LogP contribution in [0.25, 0.3) is 0 Å². The number of aryl methyl sites for hydroxylation is 2. The molecule has 1 aromatic rings. The van der Waals surface area contributed by atoms with Crippen LogP contribution in [0.2, 0.25) is 0 Å². The Kier molecular flexibility index (Phi) is 3.82. The van der Waals surface area contributed by atoms with Gasteiger partial charge in [0, 0.05) is 20.1 Å². The number of nitrogens with zero attached hydrogens (tertiary/aromatic N) is 3. The van der Waals surface area contributed by atoms with Gasteiger partial charge in [-0.25, -0.2) is 0 Å². The van der Waals surface area contributed by atoms with Gasteiger partial charge in [0.2, 0.25) is 0 Å². The van der Waals surface area contributed by atoms with Gasteiger partial charge in [0.05, 0.1) is 5.69 Å². The van der Waals surface area contributed by atoms with E-state index in [-0.39, 0.29) is 5.91 Å². The van der Waals surface area contributed by atoms with Crippen LogP contribution in [-0.4, -0.2) is 33.7 Å². The van der Waals surface area contributed by atoms with Crippen molar-refractivity contribution >= 4 is 5.91 Å². The molecular weight excluding hydrogens is 214 g/mol. The van der Waals surface area contributed by atoms with Gasteiger partial charge in [0.15, 0.2) is 0 Å². The summed E-state index contributed by atoms with van der Waals surface area (Å²) in [6.45, 7) is 3.85. The Bertz CT molecular complexity index is 389. The summed E-state index contributed by atoms with van der Waals surface area (Å²) in [5, 5.41) is 4.34. The number of hydrogen-bond acceptors (Lipinski definition) is 2. The van der Waals surface area contributed by atoms with Gasteiger partial charge in [-0.2, -0.15) is 5.10 Å². The van der Waals surface area contributed by atoms with Crippen molar-refractivity contribution in [3.05, 3.63) is 17.5 Å². The van der Waals surface area contributed by atoms with Crippen LogP contribution in [-0.2, 0) is 13.5 Å². The summed E-state index contributed by atoms with van der Waals surface area (Å²) in [4.78, 5) is 14.3. The Balaban J connectivity index is 2.14. The molecular formula is C13H21N3O. The number of hydrogen-bond donors (Lipinski definition) is 0. The van der Waals surface area contributed by atoms with Crippen molar-refractivity contribution in [2.75, 3.05) is 13.1 Å². The van der Waals surface area contributed by atoms with Gasteiger partial charge >= 0.3 is 0 Å². The third kappa shape index (κ3) is 2.68. The van der Waals surface area contributed by atoms with Crippen LogP contribution in [0.3, 0.4) is 0 Å². The van der Waals surface area contributed by atoms with Gasteiger partial charge in [-0.1, -0.05) is 19.8 Å². The first-order valence-electron chi connectivity index (χ1n) is 6.54. The monoisotopic (exact) mass is 235 g/mol. The molecule has 1 amide bonds. The molecule has 1 aromatic heterocycles. The first-order chi connectivity index (χ1) is 8.22. The maximum atomic E-state index is 12.4. The molecule has 1 aliphatic heterocycles. The highest BCUT2D eigenvalue weighted by atomic mass is 16.2. The minimum atomic E-state index is 0.140. The number of carbonyl (C=O) groups is 1. The maximum Gasteiger partial charge on any atom is 0.272 e. The fraction of sp³-hybridized carbons (Fsp3) is 0.692. The molecule has 4 nitrogen and oxygen atoms in total. The highest BCUT2D eigenvalue weighted by Gasteiger charge is 2.20. The lowest BCUT2D eigenvalue weighted by atomic mass is 10.2. The van der Waals surface area contributed by atoms with E-state index >= 15 is 0 Å². The fourth-order valence-corrected chi connectivity index (χ4v) is 2.34. The normalized spacial score (nSPS) is 16.9. The standard InChI is InChI=1S/C13H21N3O/c1-3-11-10-12(15(2)14-11)13(17)16-8-6-4-5-7-9-16/h10H,3-9H2,1-2H3. The Hall–Kier alpha value is -1.32. The summed E-state index contributed by atoms with van der Waals surface area (Å²) >= 11 is 0. The van der Waals surface area contributed by atoms with Crippen LogP contribution < -0.4 is 0 Å². The average Bonchev–Trinajstić information content (AvgIpc) is 2.56. The second-order valence-corrected chi connectivity index (χ2v) is 4.70. The molecule has 0 unspecified atom stereocenters. The fourth-order valence-electron chi connectivity index (χ4n) is 2.34. The summed E-state index contributed by atoms with van der Waals surface area (Å²) in [5.74, 6) is 0.140. The molecule has 2 rings (SSSR count). The van der Waals surface area contributed by atoms with Gasteiger partial charge in [0.1, 0.15) is 5.69 Å². The lowest BCUT2D eigenvalue weighted by Crippen LogP contribution is -2.33. The lowest BCUT2D eigenvalue weighted by molar-refractivity contribution is 0.0750.